The molecule has 0 saturated heterocycles. The Bertz CT molecular complexity index is 1230. The summed E-state index contributed by atoms with van der Waals surface area (Å²) in [6.45, 7) is 3.91. The van der Waals surface area contributed by atoms with Gasteiger partial charge in [-0.25, -0.2) is 13.4 Å². The number of rotatable bonds is 5. The highest BCUT2D eigenvalue weighted by Crippen LogP contribution is 2.28. The number of aromatic nitrogens is 2. The SMILES string of the molecule is Cc1ccc(C)c(S(=O)(=O)N(Cc2cnc3ccccn23)c2ccccc2)c1. The minimum absolute atomic E-state index is 0.185. The molecule has 0 bridgehead atoms. The molecule has 4 rings (SSSR count). The van der Waals surface area contributed by atoms with Crippen molar-refractivity contribution in [2.45, 2.75) is 25.3 Å². The first-order chi connectivity index (χ1) is 13.5. The molecule has 0 aliphatic carbocycles. The minimum atomic E-state index is -3.76. The van der Waals surface area contributed by atoms with Crippen molar-refractivity contribution >= 4 is 21.4 Å². The van der Waals surface area contributed by atoms with Crippen molar-refractivity contribution in [2.24, 2.45) is 0 Å². The zero-order valence-electron chi connectivity index (χ0n) is 15.8. The number of benzene rings is 2. The van der Waals surface area contributed by atoms with Gasteiger partial charge in [0.1, 0.15) is 5.65 Å². The molecule has 28 heavy (non-hydrogen) atoms. The highest BCUT2D eigenvalue weighted by Gasteiger charge is 2.27. The van der Waals surface area contributed by atoms with Gasteiger partial charge in [0, 0.05) is 6.20 Å². The number of para-hydroxylation sites is 1. The molecule has 0 unspecified atom stereocenters. The van der Waals surface area contributed by atoms with Gasteiger partial charge in [-0.05, 0) is 55.3 Å². The molecule has 4 aromatic rings. The van der Waals surface area contributed by atoms with Gasteiger partial charge in [0.15, 0.2) is 0 Å². The van der Waals surface area contributed by atoms with Crippen LogP contribution in [0.25, 0.3) is 5.65 Å². The molecule has 0 amide bonds. The summed E-state index contributed by atoms with van der Waals surface area (Å²) in [7, 11) is -3.76. The molecule has 0 N–H and O–H groups in total. The third kappa shape index (κ3) is 3.27. The lowest BCUT2D eigenvalue weighted by atomic mass is 10.2. The number of fused-ring (bicyclic) bond motifs is 1. The van der Waals surface area contributed by atoms with Crippen molar-refractivity contribution in [1.82, 2.24) is 9.38 Å². The monoisotopic (exact) mass is 391 g/mol. The quantitative estimate of drug-likeness (QED) is 0.508. The van der Waals surface area contributed by atoms with E-state index in [1.165, 1.54) is 4.31 Å². The molecule has 0 fully saturated rings. The number of aryl methyl sites for hydroxylation is 2. The fourth-order valence-electron chi connectivity index (χ4n) is 3.26. The van der Waals surface area contributed by atoms with Gasteiger partial charge in [-0.2, -0.15) is 0 Å². The highest BCUT2D eigenvalue weighted by atomic mass is 32.2. The molecule has 0 spiro atoms. The van der Waals surface area contributed by atoms with E-state index in [0.717, 1.165) is 22.5 Å². The number of hydrogen-bond acceptors (Lipinski definition) is 3. The maximum Gasteiger partial charge on any atom is 0.264 e. The van der Waals surface area contributed by atoms with E-state index in [1.807, 2.05) is 85.1 Å². The van der Waals surface area contributed by atoms with E-state index in [0.29, 0.717) is 10.6 Å². The zero-order chi connectivity index (χ0) is 19.7. The number of hydrogen-bond donors (Lipinski definition) is 0. The first-order valence-corrected chi connectivity index (χ1v) is 10.5. The molecule has 0 atom stereocenters. The highest BCUT2D eigenvalue weighted by molar-refractivity contribution is 7.92. The topological polar surface area (TPSA) is 54.7 Å². The van der Waals surface area contributed by atoms with Gasteiger partial charge in [0.25, 0.3) is 10.0 Å². The Morgan fingerprint density at radius 2 is 1.71 bits per heavy atom. The molecular weight excluding hydrogens is 370 g/mol. The van der Waals surface area contributed by atoms with Gasteiger partial charge in [0.05, 0.1) is 29.0 Å². The van der Waals surface area contributed by atoms with Crippen LogP contribution < -0.4 is 4.31 Å². The maximum atomic E-state index is 13.7. The van der Waals surface area contributed by atoms with E-state index < -0.39 is 10.0 Å². The second kappa shape index (κ2) is 7.13. The smallest absolute Gasteiger partial charge is 0.264 e. The Morgan fingerprint density at radius 3 is 2.50 bits per heavy atom. The van der Waals surface area contributed by atoms with Crippen LogP contribution in [0.4, 0.5) is 5.69 Å². The number of anilines is 1. The van der Waals surface area contributed by atoms with Gasteiger partial charge in [0.2, 0.25) is 0 Å². The van der Waals surface area contributed by atoms with E-state index in [9.17, 15) is 8.42 Å². The van der Waals surface area contributed by atoms with Gasteiger partial charge in [-0.3, -0.25) is 4.31 Å². The zero-order valence-corrected chi connectivity index (χ0v) is 16.6. The summed E-state index contributed by atoms with van der Waals surface area (Å²) >= 11 is 0. The largest absolute Gasteiger partial charge is 0.302 e. The number of pyridine rings is 1. The lowest BCUT2D eigenvalue weighted by Gasteiger charge is -2.25. The van der Waals surface area contributed by atoms with E-state index in [4.69, 9.17) is 0 Å². The Balaban J connectivity index is 1.86. The molecule has 142 valence electrons. The normalized spacial score (nSPS) is 11.6. The van der Waals surface area contributed by atoms with Crippen LogP contribution in [0.3, 0.4) is 0 Å². The van der Waals surface area contributed by atoms with E-state index in [2.05, 4.69) is 4.98 Å². The van der Waals surface area contributed by atoms with Crippen LogP contribution in [-0.4, -0.2) is 17.8 Å². The van der Waals surface area contributed by atoms with Gasteiger partial charge < -0.3 is 4.40 Å². The maximum absolute atomic E-state index is 13.7. The summed E-state index contributed by atoms with van der Waals surface area (Å²) in [5.74, 6) is 0. The Morgan fingerprint density at radius 1 is 0.964 bits per heavy atom. The number of sulfonamides is 1. The first-order valence-electron chi connectivity index (χ1n) is 9.03. The van der Waals surface area contributed by atoms with E-state index in [1.54, 1.807) is 12.3 Å². The fraction of sp³-hybridized carbons (Fsp3) is 0.136. The minimum Gasteiger partial charge on any atom is -0.302 e. The van der Waals surface area contributed by atoms with Crippen molar-refractivity contribution < 1.29 is 8.42 Å². The second-order valence-electron chi connectivity index (χ2n) is 6.79. The van der Waals surface area contributed by atoms with Gasteiger partial charge in [-0.1, -0.05) is 36.4 Å². The Kier molecular flexibility index (Phi) is 4.65. The van der Waals surface area contributed by atoms with Crippen LogP contribution in [0.15, 0.2) is 84.0 Å². The van der Waals surface area contributed by atoms with Crippen LogP contribution in [0.5, 0.6) is 0 Å². The predicted octanol–water partition coefficient (Wildman–Crippen LogP) is 4.35. The molecule has 0 aliphatic heterocycles. The molecular formula is C22H21N3O2S. The Hall–Kier alpha value is -3.12. The van der Waals surface area contributed by atoms with Crippen molar-refractivity contribution in [3.05, 3.63) is 95.9 Å². The molecule has 2 heterocycles. The van der Waals surface area contributed by atoms with Gasteiger partial charge in [-0.15, -0.1) is 0 Å². The summed E-state index contributed by atoms with van der Waals surface area (Å²) in [5, 5.41) is 0. The van der Waals surface area contributed by atoms with Crippen LogP contribution in [0.1, 0.15) is 16.8 Å². The molecule has 0 aliphatic rings. The fourth-order valence-corrected chi connectivity index (χ4v) is 5.01. The summed E-state index contributed by atoms with van der Waals surface area (Å²) in [4.78, 5) is 4.72. The third-order valence-corrected chi connectivity index (χ3v) is 6.67. The molecule has 0 radical (unpaired) electrons. The average Bonchev–Trinajstić information content (AvgIpc) is 3.11. The number of imidazole rings is 1. The third-order valence-electron chi connectivity index (χ3n) is 4.76. The lowest BCUT2D eigenvalue weighted by molar-refractivity contribution is 0.589. The van der Waals surface area contributed by atoms with Crippen LogP contribution in [-0.2, 0) is 16.6 Å². The van der Waals surface area contributed by atoms with Crippen molar-refractivity contribution in [3.63, 3.8) is 0 Å². The standard InChI is InChI=1S/C22H21N3O2S/c1-17-11-12-18(2)21(14-17)28(26,27)25(19-8-4-3-5-9-19)16-20-15-23-22-10-6-7-13-24(20)22/h3-15H,16H2,1-2H3. The van der Waals surface area contributed by atoms with E-state index >= 15 is 0 Å². The van der Waals surface area contributed by atoms with Crippen LogP contribution >= 0.6 is 0 Å². The van der Waals surface area contributed by atoms with Crippen molar-refractivity contribution in [1.29, 1.82) is 0 Å². The molecule has 2 aromatic carbocycles. The summed E-state index contributed by atoms with van der Waals surface area (Å²) in [6.07, 6.45) is 3.62. The molecule has 0 saturated carbocycles. The lowest BCUT2D eigenvalue weighted by Crippen LogP contribution is -2.31. The van der Waals surface area contributed by atoms with Crippen LogP contribution in [0, 0.1) is 13.8 Å². The Labute approximate surface area is 164 Å². The average molecular weight is 391 g/mol. The summed E-state index contributed by atoms with van der Waals surface area (Å²) < 4.78 is 30.7. The number of nitrogens with zero attached hydrogens (tertiary/aromatic N) is 3. The predicted molar refractivity (Wildman–Crippen MR) is 111 cm³/mol. The molecule has 6 heteroatoms. The molecule has 2 aromatic heterocycles. The van der Waals surface area contributed by atoms with Crippen LogP contribution in [0.2, 0.25) is 0 Å². The van der Waals surface area contributed by atoms with E-state index in [-0.39, 0.29) is 6.54 Å². The first kappa shape index (κ1) is 18.3. The summed E-state index contributed by atoms with van der Waals surface area (Å²) in [5.41, 5.74) is 3.84. The van der Waals surface area contributed by atoms with Crippen molar-refractivity contribution in [2.75, 3.05) is 4.31 Å². The van der Waals surface area contributed by atoms with Crippen molar-refractivity contribution in [3.8, 4) is 0 Å². The summed E-state index contributed by atoms with van der Waals surface area (Å²) in [6, 6.07) is 20.4. The van der Waals surface area contributed by atoms with Gasteiger partial charge >= 0.3 is 0 Å². The molecule has 5 nitrogen and oxygen atoms in total. The second-order valence-corrected chi connectivity index (χ2v) is 8.63.